The third kappa shape index (κ3) is 5.20. The predicted octanol–water partition coefficient (Wildman–Crippen LogP) is 4.61. The highest BCUT2D eigenvalue weighted by Crippen LogP contribution is 2.29. The summed E-state index contributed by atoms with van der Waals surface area (Å²) in [7, 11) is -3.91. The molecule has 1 atom stereocenters. The Bertz CT molecular complexity index is 1540. The molecular formula is C27H26ClN3O5S. The lowest BCUT2D eigenvalue weighted by Gasteiger charge is -2.29. The largest absolute Gasteiger partial charge is 0.416 e. The molecule has 3 aromatic rings. The Balaban J connectivity index is 1.28. The number of fused-ring (bicyclic) bond motifs is 2. The van der Waals surface area contributed by atoms with Crippen molar-refractivity contribution in [3.05, 3.63) is 83.1 Å². The van der Waals surface area contributed by atoms with E-state index >= 15 is 0 Å². The summed E-state index contributed by atoms with van der Waals surface area (Å²) in [4.78, 5) is 28.7. The maximum absolute atomic E-state index is 13.2. The fourth-order valence-electron chi connectivity index (χ4n) is 4.74. The van der Waals surface area contributed by atoms with E-state index in [-0.39, 0.29) is 10.8 Å². The van der Waals surface area contributed by atoms with Gasteiger partial charge in [0.15, 0.2) is 0 Å². The normalized spacial score (nSPS) is 17.7. The predicted molar refractivity (Wildman–Crippen MR) is 142 cm³/mol. The van der Waals surface area contributed by atoms with Crippen LogP contribution in [0.1, 0.15) is 24.5 Å². The monoisotopic (exact) mass is 539 g/mol. The van der Waals surface area contributed by atoms with Crippen molar-refractivity contribution in [3.8, 4) is 0 Å². The van der Waals surface area contributed by atoms with Crippen molar-refractivity contribution < 1.29 is 22.7 Å². The number of halogens is 1. The number of nitrogens with one attached hydrogen (secondary N) is 1. The number of nitrogens with zero attached hydrogens (tertiary/aromatic N) is 2. The number of anilines is 1. The summed E-state index contributed by atoms with van der Waals surface area (Å²) in [5.74, 6) is 0.0490. The molecule has 2 amide bonds. The first kappa shape index (κ1) is 25.3. The number of allylic oxidation sites excluding steroid dienone is 1. The van der Waals surface area contributed by atoms with Gasteiger partial charge in [0.25, 0.3) is 0 Å². The number of hydrogen-bond acceptors (Lipinski definition) is 5. The zero-order valence-corrected chi connectivity index (χ0v) is 21.8. The fourth-order valence-corrected chi connectivity index (χ4v) is 6.18. The van der Waals surface area contributed by atoms with Crippen LogP contribution in [0, 0.1) is 0 Å². The molecule has 1 fully saturated rings. The molecule has 0 aromatic heterocycles. The molecule has 0 saturated carbocycles. The summed E-state index contributed by atoms with van der Waals surface area (Å²) >= 11 is 6.02. The van der Waals surface area contributed by atoms with Gasteiger partial charge in [-0.15, -0.1) is 0 Å². The van der Waals surface area contributed by atoms with Crippen molar-refractivity contribution >= 4 is 50.1 Å². The number of sulfonamides is 1. The van der Waals surface area contributed by atoms with Gasteiger partial charge in [-0.2, -0.15) is 4.72 Å². The smallest absolute Gasteiger partial charge is 0.415 e. The fraction of sp³-hybridized carbons (Fsp3) is 0.259. The molecule has 0 unspecified atom stereocenters. The number of carbonyl (C=O) groups is 2. The first-order chi connectivity index (χ1) is 17.6. The molecule has 0 spiro atoms. The van der Waals surface area contributed by atoms with E-state index in [2.05, 4.69) is 11.3 Å². The second-order valence-electron chi connectivity index (χ2n) is 9.30. The van der Waals surface area contributed by atoms with Crippen LogP contribution in [-0.2, 0) is 32.5 Å². The minimum Gasteiger partial charge on any atom is -0.416 e. The van der Waals surface area contributed by atoms with Crippen LogP contribution in [0.5, 0.6) is 0 Å². The van der Waals surface area contributed by atoms with Crippen molar-refractivity contribution in [1.29, 1.82) is 0 Å². The van der Waals surface area contributed by atoms with Crippen LogP contribution < -0.4 is 9.62 Å². The number of ether oxygens (including phenoxy) is 1. The number of amides is 2. The molecule has 2 aliphatic heterocycles. The Labute approximate surface area is 220 Å². The Morgan fingerprint density at radius 3 is 2.59 bits per heavy atom. The average molecular weight is 540 g/mol. The van der Waals surface area contributed by atoms with Crippen LogP contribution in [0.25, 0.3) is 10.8 Å². The molecule has 3 aromatic carbocycles. The molecule has 0 radical (unpaired) electrons. The first-order valence-electron chi connectivity index (χ1n) is 11.9. The topological polar surface area (TPSA) is 96.0 Å². The van der Waals surface area contributed by atoms with E-state index in [4.69, 9.17) is 16.3 Å². The Hall–Kier alpha value is -3.40. The highest BCUT2D eigenvalue weighted by Gasteiger charge is 2.36. The number of rotatable bonds is 5. The van der Waals surface area contributed by atoms with E-state index in [0.29, 0.717) is 48.9 Å². The molecule has 5 rings (SSSR count). The Morgan fingerprint density at radius 1 is 1.05 bits per heavy atom. The minimum atomic E-state index is -3.91. The summed E-state index contributed by atoms with van der Waals surface area (Å²) < 4.78 is 33.8. The van der Waals surface area contributed by atoms with Gasteiger partial charge in [-0.25, -0.2) is 13.2 Å². The maximum atomic E-state index is 13.2. The van der Waals surface area contributed by atoms with Gasteiger partial charge in [-0.3, -0.25) is 4.79 Å². The van der Waals surface area contributed by atoms with Gasteiger partial charge < -0.3 is 14.5 Å². The van der Waals surface area contributed by atoms with E-state index in [9.17, 15) is 18.0 Å². The molecular weight excluding hydrogens is 514 g/mol. The van der Waals surface area contributed by atoms with E-state index in [0.717, 1.165) is 21.9 Å². The molecule has 8 nitrogen and oxygen atoms in total. The van der Waals surface area contributed by atoms with E-state index < -0.39 is 22.2 Å². The third-order valence-corrected chi connectivity index (χ3v) is 8.32. The van der Waals surface area contributed by atoms with E-state index in [1.54, 1.807) is 47.1 Å². The van der Waals surface area contributed by atoms with Crippen LogP contribution >= 0.6 is 11.6 Å². The van der Waals surface area contributed by atoms with Gasteiger partial charge in [0, 0.05) is 30.3 Å². The summed E-state index contributed by atoms with van der Waals surface area (Å²) in [6.45, 7) is 6.54. The molecule has 1 saturated heterocycles. The van der Waals surface area contributed by atoms with E-state index in [1.807, 2.05) is 18.2 Å². The quantitative estimate of drug-likeness (QED) is 0.478. The molecule has 37 heavy (non-hydrogen) atoms. The van der Waals surface area contributed by atoms with Crippen molar-refractivity contribution in [2.45, 2.75) is 37.2 Å². The number of carbonyl (C=O) groups excluding carboxylic acids is 2. The first-order valence-corrected chi connectivity index (χ1v) is 13.7. The molecule has 1 N–H and O–H groups in total. The average Bonchev–Trinajstić information content (AvgIpc) is 3.21. The van der Waals surface area contributed by atoms with Gasteiger partial charge in [-0.05, 0) is 78.1 Å². The summed E-state index contributed by atoms with van der Waals surface area (Å²) in [5, 5.41) is 2.15. The SMILES string of the molecule is C=C(C)OC(=O)N1CCc2cc(N3CC[C@@H](NS(=O)(=O)c4ccc5cc(Cl)ccc5c4)C3=O)ccc2C1. The molecule has 10 heteroatoms. The second kappa shape index (κ2) is 9.81. The van der Waals surface area contributed by atoms with Gasteiger partial charge in [0.2, 0.25) is 15.9 Å². The summed E-state index contributed by atoms with van der Waals surface area (Å²) in [6.07, 6.45) is 0.556. The number of hydrogen-bond donors (Lipinski definition) is 1. The summed E-state index contributed by atoms with van der Waals surface area (Å²) in [6, 6.07) is 14.8. The van der Waals surface area contributed by atoms with Crippen molar-refractivity contribution in [1.82, 2.24) is 9.62 Å². The zero-order valence-electron chi connectivity index (χ0n) is 20.2. The molecule has 0 bridgehead atoms. The maximum Gasteiger partial charge on any atom is 0.415 e. The minimum absolute atomic E-state index is 0.0945. The molecule has 2 aliphatic rings. The van der Waals surface area contributed by atoms with Crippen LogP contribution in [0.2, 0.25) is 5.02 Å². The molecule has 2 heterocycles. The second-order valence-corrected chi connectivity index (χ2v) is 11.5. The van der Waals surface area contributed by atoms with Gasteiger partial charge >= 0.3 is 6.09 Å². The molecule has 192 valence electrons. The van der Waals surface area contributed by atoms with Crippen LogP contribution in [0.3, 0.4) is 0 Å². The van der Waals surface area contributed by atoms with Gasteiger partial charge in [0.05, 0.1) is 10.7 Å². The zero-order chi connectivity index (χ0) is 26.3. The Morgan fingerprint density at radius 2 is 1.81 bits per heavy atom. The molecule has 0 aliphatic carbocycles. The van der Waals surface area contributed by atoms with Crippen LogP contribution in [-0.4, -0.2) is 44.4 Å². The van der Waals surface area contributed by atoms with Crippen molar-refractivity contribution in [2.24, 2.45) is 0 Å². The lowest BCUT2D eigenvalue weighted by atomic mass is 9.99. The van der Waals surface area contributed by atoms with Crippen LogP contribution in [0.4, 0.5) is 10.5 Å². The van der Waals surface area contributed by atoms with E-state index in [1.165, 1.54) is 6.07 Å². The lowest BCUT2D eigenvalue weighted by molar-refractivity contribution is -0.118. The highest BCUT2D eigenvalue weighted by atomic mass is 35.5. The Kier molecular flexibility index (Phi) is 6.70. The highest BCUT2D eigenvalue weighted by molar-refractivity contribution is 7.89. The van der Waals surface area contributed by atoms with Gasteiger partial charge in [0.1, 0.15) is 6.04 Å². The standard InChI is InChI=1S/C27H26ClN3O5S/c1-17(2)36-27(33)30-11-9-20-14-23(7-4-21(20)16-30)31-12-10-25(26(31)32)29-37(34,35)24-8-5-18-13-22(28)6-3-19(18)15-24/h3-8,13-15,25,29H,1,9-12,16H2,2H3/t25-/m1/s1. The van der Waals surface area contributed by atoms with Gasteiger partial charge in [-0.1, -0.05) is 36.4 Å². The third-order valence-electron chi connectivity index (χ3n) is 6.62. The van der Waals surface area contributed by atoms with Crippen LogP contribution in [0.15, 0.2) is 71.8 Å². The van der Waals surface area contributed by atoms with Crippen molar-refractivity contribution in [2.75, 3.05) is 18.0 Å². The van der Waals surface area contributed by atoms with Crippen molar-refractivity contribution in [3.63, 3.8) is 0 Å². The summed E-state index contributed by atoms with van der Waals surface area (Å²) in [5.41, 5.74) is 2.74. The number of benzene rings is 3. The lowest BCUT2D eigenvalue weighted by Crippen LogP contribution is -2.41.